The lowest BCUT2D eigenvalue weighted by Crippen LogP contribution is -2.14. The number of sulfonamides is 2. The van der Waals surface area contributed by atoms with Crippen LogP contribution in [0.4, 0.5) is 17.1 Å². The highest BCUT2D eigenvalue weighted by Crippen LogP contribution is 2.28. The van der Waals surface area contributed by atoms with Gasteiger partial charge in [0.1, 0.15) is 23.5 Å². The molecule has 0 bridgehead atoms. The highest BCUT2D eigenvalue weighted by Gasteiger charge is 2.17. The highest BCUT2D eigenvalue weighted by molar-refractivity contribution is 7.92. The van der Waals surface area contributed by atoms with Gasteiger partial charge in [-0.2, -0.15) is 10.5 Å². The van der Waals surface area contributed by atoms with Crippen LogP contribution in [-0.4, -0.2) is 28.2 Å². The van der Waals surface area contributed by atoms with Crippen molar-refractivity contribution in [2.75, 3.05) is 21.0 Å². The first kappa shape index (κ1) is 21.6. The summed E-state index contributed by atoms with van der Waals surface area (Å²) in [6.07, 6.45) is 1.99. The van der Waals surface area contributed by atoms with Crippen LogP contribution < -0.4 is 14.8 Å². The topological polar surface area (TPSA) is 172 Å². The summed E-state index contributed by atoms with van der Waals surface area (Å²) in [4.78, 5) is -0.219. The summed E-state index contributed by atoms with van der Waals surface area (Å²) in [6.45, 7) is 0. The maximum Gasteiger partial charge on any atom is 0.261 e. The molecule has 0 heterocycles. The summed E-state index contributed by atoms with van der Waals surface area (Å²) in [5, 5.41) is 29.8. The summed E-state index contributed by atoms with van der Waals surface area (Å²) in [6, 6.07) is 12.3. The van der Waals surface area contributed by atoms with Crippen molar-refractivity contribution in [2.45, 2.75) is 4.90 Å². The molecule has 2 aromatic carbocycles. The third kappa shape index (κ3) is 6.14. The SMILES string of the molecule is CS(=O)(=O)Nc1cccc(NS(=O)(=O)c2ccc(O)c(NC=C(C#N)C#N)c2)c1. The average Bonchev–Trinajstić information content (AvgIpc) is 2.62. The van der Waals surface area contributed by atoms with Crippen LogP contribution in [0, 0.1) is 22.7 Å². The molecule has 10 nitrogen and oxygen atoms in total. The van der Waals surface area contributed by atoms with E-state index in [0.717, 1.165) is 30.7 Å². The molecule has 0 aliphatic heterocycles. The number of rotatable bonds is 7. The van der Waals surface area contributed by atoms with E-state index in [1.54, 1.807) is 12.1 Å². The van der Waals surface area contributed by atoms with Crippen molar-refractivity contribution >= 4 is 37.1 Å². The van der Waals surface area contributed by atoms with E-state index < -0.39 is 20.0 Å². The molecule has 0 saturated heterocycles. The second-order valence-corrected chi connectivity index (χ2v) is 9.10. The number of nitrogens with zero attached hydrogens (tertiary/aromatic N) is 2. The van der Waals surface area contributed by atoms with E-state index in [0.29, 0.717) is 0 Å². The standard InChI is InChI=1S/C17H15N5O5S2/c1-28(24,25)21-13-3-2-4-14(7-13)22-29(26,27)15-5-6-17(23)16(8-15)20-11-12(9-18)10-19/h2-8,11,20-23H,1H3. The van der Waals surface area contributed by atoms with E-state index in [9.17, 15) is 21.9 Å². The van der Waals surface area contributed by atoms with E-state index >= 15 is 0 Å². The molecule has 2 aromatic rings. The minimum atomic E-state index is -4.09. The van der Waals surface area contributed by atoms with Crippen molar-refractivity contribution in [2.24, 2.45) is 0 Å². The smallest absolute Gasteiger partial charge is 0.261 e. The molecule has 0 aliphatic rings. The number of benzene rings is 2. The van der Waals surface area contributed by atoms with Crippen LogP contribution in [-0.2, 0) is 20.0 Å². The number of nitrogens with one attached hydrogen (secondary N) is 3. The molecule has 0 radical (unpaired) electrons. The molecule has 0 aromatic heterocycles. The van der Waals surface area contributed by atoms with Gasteiger partial charge < -0.3 is 10.4 Å². The summed E-state index contributed by atoms with van der Waals surface area (Å²) in [7, 11) is -7.62. The lowest BCUT2D eigenvalue weighted by molar-refractivity contribution is 0.477. The predicted octanol–water partition coefficient (Wildman–Crippen LogP) is 1.91. The van der Waals surface area contributed by atoms with Crippen molar-refractivity contribution in [3.05, 3.63) is 54.2 Å². The monoisotopic (exact) mass is 433 g/mol. The molecule has 0 unspecified atom stereocenters. The van der Waals surface area contributed by atoms with Gasteiger partial charge in [-0.05, 0) is 36.4 Å². The van der Waals surface area contributed by atoms with Gasteiger partial charge in [0.25, 0.3) is 10.0 Å². The number of anilines is 3. The molecule has 0 fully saturated rings. The van der Waals surface area contributed by atoms with Gasteiger partial charge in [-0.25, -0.2) is 16.8 Å². The summed E-state index contributed by atoms with van der Waals surface area (Å²) >= 11 is 0. The van der Waals surface area contributed by atoms with Gasteiger partial charge in [0.2, 0.25) is 10.0 Å². The van der Waals surface area contributed by atoms with Crippen LogP contribution in [0.15, 0.2) is 59.1 Å². The van der Waals surface area contributed by atoms with Gasteiger partial charge >= 0.3 is 0 Å². The Morgan fingerprint density at radius 3 is 2.21 bits per heavy atom. The fraction of sp³-hybridized carbons (Fsp3) is 0.0588. The quantitative estimate of drug-likeness (QED) is 0.378. The molecule has 0 saturated carbocycles. The van der Waals surface area contributed by atoms with Gasteiger partial charge in [-0.1, -0.05) is 6.07 Å². The molecule has 0 spiro atoms. The van der Waals surface area contributed by atoms with Crippen molar-refractivity contribution in [1.29, 1.82) is 10.5 Å². The fourth-order valence-corrected chi connectivity index (χ4v) is 3.74. The first-order valence-electron chi connectivity index (χ1n) is 7.74. The number of allylic oxidation sites excluding steroid dienone is 1. The van der Waals surface area contributed by atoms with Crippen molar-refractivity contribution in [3.63, 3.8) is 0 Å². The second-order valence-electron chi connectivity index (χ2n) is 5.67. The second kappa shape index (κ2) is 8.52. The molecule has 2 rings (SSSR count). The lowest BCUT2D eigenvalue weighted by atomic mass is 10.3. The number of aromatic hydroxyl groups is 1. The zero-order valence-corrected chi connectivity index (χ0v) is 16.5. The number of nitriles is 2. The van der Waals surface area contributed by atoms with E-state index in [4.69, 9.17) is 10.5 Å². The lowest BCUT2D eigenvalue weighted by Gasteiger charge is -2.12. The highest BCUT2D eigenvalue weighted by atomic mass is 32.2. The Bertz CT molecular complexity index is 1240. The van der Waals surface area contributed by atoms with Gasteiger partial charge in [-0.3, -0.25) is 9.44 Å². The van der Waals surface area contributed by atoms with Crippen molar-refractivity contribution in [1.82, 2.24) is 0 Å². The molecule has 150 valence electrons. The molecule has 0 aliphatic carbocycles. The maximum absolute atomic E-state index is 12.6. The maximum atomic E-state index is 12.6. The van der Waals surface area contributed by atoms with Crippen LogP contribution >= 0.6 is 0 Å². The number of phenols is 1. The third-order valence-electron chi connectivity index (χ3n) is 3.31. The van der Waals surface area contributed by atoms with Crippen molar-refractivity contribution in [3.8, 4) is 17.9 Å². The molecule has 0 amide bonds. The summed E-state index contributed by atoms with van der Waals surface area (Å²) in [5.74, 6) is -0.297. The minimum absolute atomic E-state index is 0.0385. The Kier molecular flexibility index (Phi) is 6.33. The Hall–Kier alpha value is -3.74. The third-order valence-corrected chi connectivity index (χ3v) is 5.29. The zero-order chi connectivity index (χ0) is 21.7. The average molecular weight is 433 g/mol. The van der Waals surface area contributed by atoms with Gasteiger partial charge in [-0.15, -0.1) is 0 Å². The normalized spacial score (nSPS) is 10.9. The Balaban J connectivity index is 2.32. The fourth-order valence-electron chi connectivity index (χ4n) is 2.11. The van der Waals surface area contributed by atoms with E-state index in [-0.39, 0.29) is 33.3 Å². The van der Waals surface area contributed by atoms with Gasteiger partial charge in [0, 0.05) is 6.20 Å². The zero-order valence-electron chi connectivity index (χ0n) is 14.9. The van der Waals surface area contributed by atoms with Crippen LogP contribution in [0.1, 0.15) is 0 Å². The van der Waals surface area contributed by atoms with Gasteiger partial charge in [0.15, 0.2) is 0 Å². The molecule has 4 N–H and O–H groups in total. The van der Waals surface area contributed by atoms with Crippen LogP contribution in [0.2, 0.25) is 0 Å². The number of hydrogen-bond acceptors (Lipinski definition) is 8. The Morgan fingerprint density at radius 1 is 1.00 bits per heavy atom. The summed E-state index contributed by atoms with van der Waals surface area (Å²) < 4.78 is 52.4. The van der Waals surface area contributed by atoms with E-state index in [2.05, 4.69) is 14.8 Å². The predicted molar refractivity (Wildman–Crippen MR) is 107 cm³/mol. The Morgan fingerprint density at radius 2 is 1.62 bits per heavy atom. The largest absolute Gasteiger partial charge is 0.506 e. The molecule has 29 heavy (non-hydrogen) atoms. The first-order valence-corrected chi connectivity index (χ1v) is 11.1. The van der Waals surface area contributed by atoms with E-state index in [1.165, 1.54) is 24.3 Å². The van der Waals surface area contributed by atoms with Crippen LogP contribution in [0.5, 0.6) is 5.75 Å². The van der Waals surface area contributed by atoms with Gasteiger partial charge in [0.05, 0.1) is 28.2 Å². The molecular weight excluding hydrogens is 418 g/mol. The number of hydrogen-bond donors (Lipinski definition) is 4. The minimum Gasteiger partial charge on any atom is -0.506 e. The summed E-state index contributed by atoms with van der Waals surface area (Å²) in [5.41, 5.74) is -0.0295. The molecule has 12 heteroatoms. The number of phenolic OH excluding ortho intramolecular Hbond substituents is 1. The first-order chi connectivity index (χ1) is 13.5. The van der Waals surface area contributed by atoms with Crippen LogP contribution in [0.25, 0.3) is 0 Å². The van der Waals surface area contributed by atoms with Crippen LogP contribution in [0.3, 0.4) is 0 Å². The Labute approximate surface area is 167 Å². The molecule has 0 atom stereocenters. The molecular formula is C17H15N5O5S2. The van der Waals surface area contributed by atoms with E-state index in [1.807, 2.05) is 0 Å². The van der Waals surface area contributed by atoms with Crippen molar-refractivity contribution < 1.29 is 21.9 Å².